The SMILES string of the molecule is COc1cccc(-c2ccc(F)c([C@H](CC(=O)O)NC(=O)Nc3c(O)ccn(C)c3=O)c2)c1. The summed E-state index contributed by atoms with van der Waals surface area (Å²) in [7, 11) is 2.94. The second-order valence-corrected chi connectivity index (χ2v) is 7.21. The Morgan fingerprint density at radius 2 is 1.88 bits per heavy atom. The number of benzene rings is 2. The molecule has 1 heterocycles. The summed E-state index contributed by atoms with van der Waals surface area (Å²) in [4.78, 5) is 36.1. The van der Waals surface area contributed by atoms with E-state index in [1.54, 1.807) is 24.3 Å². The van der Waals surface area contributed by atoms with Crippen molar-refractivity contribution < 1.29 is 28.9 Å². The highest BCUT2D eigenvalue weighted by molar-refractivity contribution is 5.91. The Morgan fingerprint density at radius 1 is 1.15 bits per heavy atom. The zero-order valence-corrected chi connectivity index (χ0v) is 17.8. The van der Waals surface area contributed by atoms with Gasteiger partial charge in [0.05, 0.1) is 19.6 Å². The molecule has 33 heavy (non-hydrogen) atoms. The molecule has 1 aromatic heterocycles. The number of hydrogen-bond donors (Lipinski definition) is 4. The van der Waals surface area contributed by atoms with Crippen LogP contribution >= 0.6 is 0 Å². The highest BCUT2D eigenvalue weighted by Crippen LogP contribution is 2.29. The molecule has 0 bridgehead atoms. The third-order valence-electron chi connectivity index (χ3n) is 4.94. The molecule has 0 aliphatic heterocycles. The first-order chi connectivity index (χ1) is 15.7. The summed E-state index contributed by atoms with van der Waals surface area (Å²) in [6.45, 7) is 0. The van der Waals surface area contributed by atoms with E-state index in [1.807, 2.05) is 0 Å². The van der Waals surface area contributed by atoms with Crippen molar-refractivity contribution >= 4 is 17.7 Å². The number of aromatic hydroxyl groups is 1. The number of rotatable bonds is 7. The van der Waals surface area contributed by atoms with Crippen LogP contribution < -0.4 is 20.9 Å². The summed E-state index contributed by atoms with van der Waals surface area (Å²) in [5.74, 6) is -1.87. The topological polar surface area (TPSA) is 130 Å². The molecule has 3 rings (SSSR count). The van der Waals surface area contributed by atoms with Gasteiger partial charge in [-0.25, -0.2) is 9.18 Å². The molecule has 0 spiro atoms. The summed E-state index contributed by atoms with van der Waals surface area (Å²) in [5, 5.41) is 23.8. The van der Waals surface area contributed by atoms with E-state index in [-0.39, 0.29) is 5.56 Å². The quantitative estimate of drug-likeness (QED) is 0.433. The molecular weight excluding hydrogens is 433 g/mol. The Balaban J connectivity index is 1.93. The van der Waals surface area contributed by atoms with Gasteiger partial charge in [0.15, 0.2) is 5.69 Å². The Hall–Kier alpha value is -4.34. The average Bonchev–Trinajstić information content (AvgIpc) is 2.79. The molecule has 0 aliphatic rings. The van der Waals surface area contributed by atoms with Crippen molar-refractivity contribution in [1.29, 1.82) is 0 Å². The molecule has 0 radical (unpaired) electrons. The van der Waals surface area contributed by atoms with Crippen molar-refractivity contribution in [1.82, 2.24) is 9.88 Å². The molecule has 0 aliphatic carbocycles. The van der Waals surface area contributed by atoms with Crippen LogP contribution in [-0.2, 0) is 11.8 Å². The number of hydrogen-bond acceptors (Lipinski definition) is 5. The van der Waals surface area contributed by atoms with Gasteiger partial charge in [0.2, 0.25) is 0 Å². The molecule has 172 valence electrons. The van der Waals surface area contributed by atoms with Crippen molar-refractivity contribution in [2.75, 3.05) is 12.4 Å². The number of anilines is 1. The zero-order chi connectivity index (χ0) is 24.1. The monoisotopic (exact) mass is 455 g/mol. The lowest BCUT2D eigenvalue weighted by atomic mass is 9.97. The van der Waals surface area contributed by atoms with E-state index in [4.69, 9.17) is 4.74 Å². The summed E-state index contributed by atoms with van der Waals surface area (Å²) < 4.78 is 21.0. The maximum Gasteiger partial charge on any atom is 0.319 e. The van der Waals surface area contributed by atoms with Crippen LogP contribution in [-0.4, -0.2) is 33.9 Å². The molecule has 0 fully saturated rings. The molecule has 0 saturated heterocycles. The largest absolute Gasteiger partial charge is 0.505 e. The lowest BCUT2D eigenvalue weighted by Crippen LogP contribution is -2.36. The maximum absolute atomic E-state index is 14.7. The number of nitrogens with zero attached hydrogens (tertiary/aromatic N) is 1. The number of urea groups is 1. The molecule has 4 N–H and O–H groups in total. The number of ether oxygens (including phenoxy) is 1. The number of aliphatic carboxylic acids is 1. The highest BCUT2D eigenvalue weighted by Gasteiger charge is 2.23. The van der Waals surface area contributed by atoms with E-state index in [1.165, 1.54) is 44.6 Å². The van der Waals surface area contributed by atoms with E-state index in [0.29, 0.717) is 16.9 Å². The number of halogens is 1. The van der Waals surface area contributed by atoms with E-state index >= 15 is 0 Å². The first-order valence-corrected chi connectivity index (χ1v) is 9.81. The summed E-state index contributed by atoms with van der Waals surface area (Å²) in [6.07, 6.45) is 0.693. The van der Waals surface area contributed by atoms with Gasteiger partial charge >= 0.3 is 12.0 Å². The standard InChI is InChI=1S/C23H22FN3O6/c1-27-9-8-19(28)21(22(27)31)26-23(32)25-18(12-20(29)30)16-11-14(6-7-17(16)24)13-4-3-5-15(10-13)33-2/h3-11,18,28H,12H2,1-2H3,(H,29,30)(H2,25,26,32)/t18-/m0/s1. The van der Waals surface area contributed by atoms with Gasteiger partial charge in [0.1, 0.15) is 17.3 Å². The molecule has 2 amide bonds. The zero-order valence-electron chi connectivity index (χ0n) is 17.8. The van der Waals surface area contributed by atoms with Crippen molar-refractivity contribution in [2.45, 2.75) is 12.5 Å². The number of carboxylic acid groups (broad SMARTS) is 1. The number of aryl methyl sites for hydroxylation is 1. The predicted molar refractivity (Wildman–Crippen MR) is 119 cm³/mol. The molecule has 3 aromatic rings. The third-order valence-corrected chi connectivity index (χ3v) is 4.94. The van der Waals surface area contributed by atoms with Crippen molar-refractivity contribution in [3.8, 4) is 22.6 Å². The van der Waals surface area contributed by atoms with Crippen LogP contribution in [0.1, 0.15) is 18.0 Å². The van der Waals surface area contributed by atoms with Crippen LogP contribution in [0.3, 0.4) is 0 Å². The lowest BCUT2D eigenvalue weighted by molar-refractivity contribution is -0.137. The van der Waals surface area contributed by atoms with Crippen molar-refractivity contribution in [3.05, 3.63) is 76.5 Å². The number of methoxy groups -OCH3 is 1. The van der Waals surface area contributed by atoms with Gasteiger partial charge in [-0.05, 0) is 41.5 Å². The molecule has 2 aromatic carbocycles. The van der Waals surface area contributed by atoms with E-state index < -0.39 is 47.3 Å². The minimum atomic E-state index is -1.27. The second kappa shape index (κ2) is 9.86. The number of nitrogens with one attached hydrogen (secondary N) is 2. The first-order valence-electron chi connectivity index (χ1n) is 9.81. The van der Waals surface area contributed by atoms with E-state index in [0.717, 1.165) is 4.57 Å². The number of carbonyl (C=O) groups is 2. The molecular formula is C23H22FN3O6. The van der Waals surface area contributed by atoms with Gasteiger partial charge < -0.3 is 30.2 Å². The normalized spacial score (nSPS) is 11.5. The Labute approximate surface area is 188 Å². The second-order valence-electron chi connectivity index (χ2n) is 7.21. The molecule has 0 saturated carbocycles. The molecule has 10 heteroatoms. The third kappa shape index (κ3) is 5.48. The van der Waals surface area contributed by atoms with Gasteiger partial charge in [-0.15, -0.1) is 0 Å². The smallest absolute Gasteiger partial charge is 0.319 e. The Kier molecular flexibility index (Phi) is 6.97. The Bertz CT molecular complexity index is 1260. The number of aromatic nitrogens is 1. The summed E-state index contributed by atoms with van der Waals surface area (Å²) in [5.41, 5.74) is 0.158. The van der Waals surface area contributed by atoms with Crippen LogP contribution in [0.15, 0.2) is 59.5 Å². The van der Waals surface area contributed by atoms with E-state index in [2.05, 4.69) is 10.6 Å². The summed E-state index contributed by atoms with van der Waals surface area (Å²) >= 11 is 0. The van der Waals surface area contributed by atoms with Gasteiger partial charge in [-0.3, -0.25) is 9.59 Å². The lowest BCUT2D eigenvalue weighted by Gasteiger charge is -2.20. The fourth-order valence-electron chi connectivity index (χ4n) is 3.25. The maximum atomic E-state index is 14.7. The first kappa shape index (κ1) is 23.3. The van der Waals surface area contributed by atoms with Gasteiger partial charge in [-0.2, -0.15) is 0 Å². The van der Waals surface area contributed by atoms with Gasteiger partial charge in [0.25, 0.3) is 5.56 Å². The number of amides is 2. The van der Waals surface area contributed by atoms with Crippen LogP contribution in [0.2, 0.25) is 0 Å². The van der Waals surface area contributed by atoms with Gasteiger partial charge in [0, 0.05) is 18.8 Å². The summed E-state index contributed by atoms with van der Waals surface area (Å²) in [6, 6.07) is 10.1. The van der Waals surface area contributed by atoms with Crippen molar-refractivity contribution in [2.24, 2.45) is 7.05 Å². The van der Waals surface area contributed by atoms with Crippen LogP contribution in [0.25, 0.3) is 11.1 Å². The molecule has 0 unspecified atom stereocenters. The van der Waals surface area contributed by atoms with Crippen LogP contribution in [0, 0.1) is 5.82 Å². The minimum Gasteiger partial charge on any atom is -0.505 e. The average molecular weight is 455 g/mol. The molecule has 9 nitrogen and oxygen atoms in total. The highest BCUT2D eigenvalue weighted by atomic mass is 19.1. The number of carbonyl (C=O) groups excluding carboxylic acids is 1. The molecule has 1 atom stereocenters. The minimum absolute atomic E-state index is 0.0574. The van der Waals surface area contributed by atoms with Crippen LogP contribution in [0.5, 0.6) is 11.5 Å². The fraction of sp³-hybridized carbons (Fsp3) is 0.174. The predicted octanol–water partition coefficient (Wildman–Crippen LogP) is 3.24. The van der Waals surface area contributed by atoms with Gasteiger partial charge in [-0.1, -0.05) is 18.2 Å². The van der Waals surface area contributed by atoms with E-state index in [9.17, 15) is 29.0 Å². The van der Waals surface area contributed by atoms with Crippen LogP contribution in [0.4, 0.5) is 14.9 Å². The number of pyridine rings is 1. The fourth-order valence-corrected chi connectivity index (χ4v) is 3.25. The number of carboxylic acids is 1. The Morgan fingerprint density at radius 3 is 2.58 bits per heavy atom. The van der Waals surface area contributed by atoms with Crippen molar-refractivity contribution in [3.63, 3.8) is 0 Å².